The molecule has 1 N–H and O–H groups in total. The molecule has 1 aromatic heterocycles. The van der Waals surface area contributed by atoms with Crippen LogP contribution in [0.4, 0.5) is 32.3 Å². The summed E-state index contributed by atoms with van der Waals surface area (Å²) in [6.45, 7) is 3.07. The highest BCUT2D eigenvalue weighted by Gasteiger charge is 2.39. The van der Waals surface area contributed by atoms with Crippen LogP contribution in [0.2, 0.25) is 0 Å². The van der Waals surface area contributed by atoms with Gasteiger partial charge in [-0.1, -0.05) is 32.0 Å². The molecule has 12 heteroatoms. The Bertz CT molecular complexity index is 1250. The first-order chi connectivity index (χ1) is 17.8. The van der Waals surface area contributed by atoms with Crippen LogP contribution in [-0.4, -0.2) is 27.3 Å². The van der Waals surface area contributed by atoms with E-state index < -0.39 is 47.8 Å². The second-order valence-electron chi connectivity index (χ2n) is 8.44. The fourth-order valence-electron chi connectivity index (χ4n) is 3.75. The van der Waals surface area contributed by atoms with E-state index in [9.17, 15) is 31.1 Å². The molecule has 3 aromatic rings. The van der Waals surface area contributed by atoms with E-state index in [2.05, 4.69) is 9.97 Å². The standard InChI is InChI=1S/C26H25F6N3O3/c1-3-16-13-33-24(34-14-16)35(22(4-2)38-20-7-5-6-17(10-20)11-23(36)37)15-18-8-9-19(25(27,28)29)12-21(18)26(30,31)32/h5-10,12-14,22H,3-4,11,15H2,1-2H3,(H,36,37). The van der Waals surface area contributed by atoms with Gasteiger partial charge in [-0.15, -0.1) is 0 Å². The minimum atomic E-state index is -5.05. The van der Waals surface area contributed by atoms with Crippen molar-refractivity contribution in [1.29, 1.82) is 0 Å². The van der Waals surface area contributed by atoms with Crippen molar-refractivity contribution in [2.75, 3.05) is 4.90 Å². The van der Waals surface area contributed by atoms with E-state index in [-0.39, 0.29) is 30.6 Å². The molecule has 1 heterocycles. The molecule has 0 aliphatic rings. The number of aryl methyl sites for hydroxylation is 1. The van der Waals surface area contributed by atoms with Crippen LogP contribution in [0, 0.1) is 0 Å². The Labute approximate surface area is 214 Å². The van der Waals surface area contributed by atoms with E-state index in [4.69, 9.17) is 9.84 Å². The third-order valence-electron chi connectivity index (χ3n) is 5.66. The molecule has 0 saturated heterocycles. The van der Waals surface area contributed by atoms with Crippen molar-refractivity contribution in [3.63, 3.8) is 0 Å². The van der Waals surface area contributed by atoms with Gasteiger partial charge in [-0.2, -0.15) is 26.3 Å². The van der Waals surface area contributed by atoms with Gasteiger partial charge in [0.2, 0.25) is 5.95 Å². The third kappa shape index (κ3) is 7.36. The molecule has 3 rings (SSSR count). The number of anilines is 1. The third-order valence-corrected chi connectivity index (χ3v) is 5.66. The number of carboxylic acid groups (broad SMARTS) is 1. The summed E-state index contributed by atoms with van der Waals surface area (Å²) in [5.74, 6) is -0.778. The van der Waals surface area contributed by atoms with Gasteiger partial charge >= 0.3 is 18.3 Å². The van der Waals surface area contributed by atoms with E-state index in [1.807, 2.05) is 6.92 Å². The average molecular weight is 541 g/mol. The summed E-state index contributed by atoms with van der Waals surface area (Å²) < 4.78 is 87.1. The van der Waals surface area contributed by atoms with Crippen LogP contribution in [0.5, 0.6) is 5.75 Å². The second kappa shape index (κ2) is 11.7. The molecule has 2 aromatic carbocycles. The number of alkyl halides is 6. The number of halogens is 6. The number of benzene rings is 2. The van der Waals surface area contributed by atoms with Crippen molar-refractivity contribution in [2.45, 2.75) is 58.2 Å². The molecule has 0 spiro atoms. The smallest absolute Gasteiger partial charge is 0.416 e. The zero-order chi connectivity index (χ0) is 28.1. The van der Waals surface area contributed by atoms with Crippen molar-refractivity contribution in [2.24, 2.45) is 0 Å². The van der Waals surface area contributed by atoms with Crippen LogP contribution in [-0.2, 0) is 36.5 Å². The van der Waals surface area contributed by atoms with Gasteiger partial charge in [0.1, 0.15) is 5.75 Å². The zero-order valence-electron chi connectivity index (χ0n) is 20.5. The molecule has 0 bridgehead atoms. The van der Waals surface area contributed by atoms with E-state index in [0.29, 0.717) is 18.1 Å². The van der Waals surface area contributed by atoms with Crippen LogP contribution >= 0.6 is 0 Å². The molecule has 1 unspecified atom stereocenters. The molecule has 0 aliphatic heterocycles. The molecule has 1 atom stereocenters. The summed E-state index contributed by atoms with van der Waals surface area (Å²) in [4.78, 5) is 20.9. The molecular formula is C26H25F6N3O3. The summed E-state index contributed by atoms with van der Waals surface area (Å²) in [6.07, 6.45) is -7.35. The maximum atomic E-state index is 13.9. The Morgan fingerprint density at radius 3 is 2.21 bits per heavy atom. The lowest BCUT2D eigenvalue weighted by atomic mass is 10.0. The van der Waals surface area contributed by atoms with Gasteiger partial charge in [-0.05, 0) is 47.4 Å². The van der Waals surface area contributed by atoms with E-state index >= 15 is 0 Å². The summed E-state index contributed by atoms with van der Waals surface area (Å²) in [6, 6.07) is 7.70. The number of hydrogen-bond donors (Lipinski definition) is 1. The Hall–Kier alpha value is -3.83. The Morgan fingerprint density at radius 1 is 0.974 bits per heavy atom. The van der Waals surface area contributed by atoms with Crippen LogP contribution in [0.1, 0.15) is 48.1 Å². The van der Waals surface area contributed by atoms with Crippen LogP contribution < -0.4 is 9.64 Å². The van der Waals surface area contributed by atoms with Crippen molar-refractivity contribution in [3.8, 4) is 5.75 Å². The first-order valence-electron chi connectivity index (χ1n) is 11.6. The van der Waals surface area contributed by atoms with Gasteiger partial charge in [-0.3, -0.25) is 4.79 Å². The lowest BCUT2D eigenvalue weighted by molar-refractivity contribution is -0.143. The number of aliphatic carboxylic acids is 1. The van der Waals surface area contributed by atoms with Crippen molar-refractivity contribution in [3.05, 3.63) is 82.7 Å². The van der Waals surface area contributed by atoms with Crippen molar-refractivity contribution >= 4 is 11.9 Å². The highest BCUT2D eigenvalue weighted by atomic mass is 19.4. The minimum absolute atomic E-state index is 0.0174. The number of rotatable bonds is 10. The maximum absolute atomic E-state index is 13.9. The van der Waals surface area contributed by atoms with Gasteiger partial charge < -0.3 is 14.7 Å². The van der Waals surface area contributed by atoms with Crippen LogP contribution in [0.15, 0.2) is 54.9 Å². The fraction of sp³-hybridized carbons (Fsp3) is 0.346. The lowest BCUT2D eigenvalue weighted by Crippen LogP contribution is -2.40. The summed E-state index contributed by atoms with van der Waals surface area (Å²) >= 11 is 0. The molecule has 0 fully saturated rings. The van der Waals surface area contributed by atoms with Gasteiger partial charge in [0.05, 0.1) is 24.1 Å². The van der Waals surface area contributed by atoms with Gasteiger partial charge in [0.25, 0.3) is 0 Å². The molecule has 38 heavy (non-hydrogen) atoms. The highest BCUT2D eigenvalue weighted by Crippen LogP contribution is 2.38. The summed E-state index contributed by atoms with van der Waals surface area (Å²) in [7, 11) is 0. The van der Waals surface area contributed by atoms with Gasteiger partial charge in [0.15, 0.2) is 6.23 Å². The first-order valence-corrected chi connectivity index (χ1v) is 11.6. The molecule has 204 valence electrons. The Kier molecular flexibility index (Phi) is 8.85. The zero-order valence-corrected chi connectivity index (χ0v) is 20.5. The molecule has 0 amide bonds. The molecular weight excluding hydrogens is 516 g/mol. The first kappa shape index (κ1) is 28.7. The van der Waals surface area contributed by atoms with Crippen LogP contribution in [0.25, 0.3) is 0 Å². The minimum Gasteiger partial charge on any atom is -0.481 e. The predicted octanol–water partition coefficient (Wildman–Crippen LogP) is 6.53. The number of hydrogen-bond acceptors (Lipinski definition) is 5. The predicted molar refractivity (Wildman–Crippen MR) is 127 cm³/mol. The monoisotopic (exact) mass is 541 g/mol. The molecule has 0 radical (unpaired) electrons. The fourth-order valence-corrected chi connectivity index (χ4v) is 3.75. The van der Waals surface area contributed by atoms with Gasteiger partial charge in [0, 0.05) is 18.8 Å². The Morgan fingerprint density at radius 2 is 1.66 bits per heavy atom. The van der Waals surface area contributed by atoms with E-state index in [1.165, 1.54) is 23.4 Å². The summed E-state index contributed by atoms with van der Waals surface area (Å²) in [5, 5.41) is 9.06. The second-order valence-corrected chi connectivity index (χ2v) is 8.44. The SMILES string of the molecule is CCc1cnc(N(Cc2ccc(C(F)(F)F)cc2C(F)(F)F)C(CC)Oc2cccc(CC(=O)O)c2)nc1. The number of carboxylic acids is 1. The maximum Gasteiger partial charge on any atom is 0.416 e. The van der Waals surface area contributed by atoms with Crippen LogP contribution in [0.3, 0.4) is 0 Å². The normalized spacial score (nSPS) is 12.7. The van der Waals surface area contributed by atoms with E-state index in [0.717, 1.165) is 11.6 Å². The average Bonchev–Trinajstić information content (AvgIpc) is 2.85. The lowest BCUT2D eigenvalue weighted by Gasteiger charge is -2.32. The number of carbonyl (C=O) groups is 1. The van der Waals surface area contributed by atoms with E-state index in [1.54, 1.807) is 25.1 Å². The Balaban J connectivity index is 2.05. The quantitative estimate of drug-likeness (QED) is 0.233. The van der Waals surface area contributed by atoms with Crippen molar-refractivity contribution in [1.82, 2.24) is 9.97 Å². The molecule has 0 aliphatic carbocycles. The number of nitrogens with zero attached hydrogens (tertiary/aromatic N) is 3. The number of aromatic nitrogens is 2. The highest BCUT2D eigenvalue weighted by molar-refractivity contribution is 5.70. The van der Waals surface area contributed by atoms with Gasteiger partial charge in [-0.25, -0.2) is 9.97 Å². The molecule has 0 saturated carbocycles. The summed E-state index contributed by atoms with van der Waals surface area (Å²) in [5.41, 5.74) is -2.05. The number of ether oxygens (including phenoxy) is 1. The largest absolute Gasteiger partial charge is 0.481 e. The van der Waals surface area contributed by atoms with Crippen molar-refractivity contribution < 1.29 is 41.0 Å². The topological polar surface area (TPSA) is 75.6 Å². The molecule has 6 nitrogen and oxygen atoms in total.